The van der Waals surface area contributed by atoms with Gasteiger partial charge >= 0.3 is 12.1 Å². The van der Waals surface area contributed by atoms with Crippen LogP contribution in [0.15, 0.2) is 5.11 Å². The Labute approximate surface area is 165 Å². The number of alkyl halides is 3. The van der Waals surface area contributed by atoms with Gasteiger partial charge in [-0.1, -0.05) is 39.9 Å². The second-order valence-electron chi connectivity index (χ2n) is 6.61. The maximum atomic E-state index is 12.2. The van der Waals surface area contributed by atoms with Crippen LogP contribution in [0.3, 0.4) is 0 Å². The van der Waals surface area contributed by atoms with Gasteiger partial charge in [0.2, 0.25) is 3.79 Å². The van der Waals surface area contributed by atoms with Gasteiger partial charge in [-0.05, 0) is 32.7 Å². The molecule has 0 aromatic carbocycles. The number of esters is 1. The molecule has 1 saturated heterocycles. The number of likely N-dealkylation sites (tertiary alicyclic amines) is 1. The number of carbonyl (C=O) groups excluding carboxylic acids is 3. The molecule has 2 atom stereocenters. The van der Waals surface area contributed by atoms with E-state index < -0.39 is 45.8 Å². The lowest BCUT2D eigenvalue weighted by atomic mass is 10.0. The van der Waals surface area contributed by atoms with Crippen LogP contribution in [0.1, 0.15) is 33.6 Å². The molecule has 1 heterocycles. The second-order valence-corrected chi connectivity index (χ2v) is 8.89. The van der Waals surface area contributed by atoms with E-state index in [4.69, 9.17) is 49.8 Å². The lowest BCUT2D eigenvalue weighted by Crippen LogP contribution is -2.51. The normalized spacial score (nSPS) is 20.8. The third kappa shape index (κ3) is 7.45. The van der Waals surface area contributed by atoms with Crippen molar-refractivity contribution >= 4 is 52.6 Å². The van der Waals surface area contributed by atoms with Gasteiger partial charge in [-0.2, -0.15) is 0 Å². The molecule has 0 aliphatic carbocycles. The Morgan fingerprint density at radius 1 is 1.27 bits per heavy atom. The first-order valence-corrected chi connectivity index (χ1v) is 8.78. The predicted octanol–water partition coefficient (Wildman–Crippen LogP) is 3.55. The fraction of sp³-hybridized carbons (Fsp3) is 0.786. The first-order valence-electron chi connectivity index (χ1n) is 7.65. The molecule has 0 spiro atoms. The number of Topliss-reactive ketones (excluding diaryl/α,β-unsaturated/α-hetero) is 1. The largest absolute Gasteiger partial charge is 0.460 e. The number of piperidine rings is 1. The second kappa shape index (κ2) is 8.99. The maximum Gasteiger partial charge on any atom is 0.410 e. The number of ketones is 1. The van der Waals surface area contributed by atoms with Gasteiger partial charge in [0, 0.05) is 11.5 Å². The number of carbonyl (C=O) groups is 3. The van der Waals surface area contributed by atoms with Gasteiger partial charge < -0.3 is 14.4 Å². The summed E-state index contributed by atoms with van der Waals surface area (Å²) < 4.78 is 8.22. The number of amides is 1. The number of hydrogen-bond donors (Lipinski definition) is 0. The van der Waals surface area contributed by atoms with Crippen molar-refractivity contribution in [1.29, 1.82) is 0 Å². The van der Waals surface area contributed by atoms with E-state index in [1.54, 1.807) is 20.8 Å². The SMILES string of the molecule is CC(C)(C)OC(=O)N1CC[C@@H](N=[N+]=[N-])[C@@H](OC(=O)CC(=O)C(Cl)(Cl)Cl)C1. The van der Waals surface area contributed by atoms with Gasteiger partial charge in [-0.3, -0.25) is 9.59 Å². The van der Waals surface area contributed by atoms with Gasteiger partial charge in [-0.15, -0.1) is 0 Å². The van der Waals surface area contributed by atoms with Gasteiger partial charge in [0.1, 0.15) is 18.1 Å². The fourth-order valence-electron chi connectivity index (χ4n) is 2.15. The van der Waals surface area contributed by atoms with E-state index in [1.165, 1.54) is 4.90 Å². The Balaban J connectivity index is 2.79. The van der Waals surface area contributed by atoms with Crippen LogP contribution in [-0.2, 0) is 19.1 Å². The molecule has 26 heavy (non-hydrogen) atoms. The van der Waals surface area contributed by atoms with Gasteiger partial charge in [0.25, 0.3) is 0 Å². The molecule has 9 nitrogen and oxygen atoms in total. The molecule has 1 amide bonds. The van der Waals surface area contributed by atoms with Crippen LogP contribution in [0.25, 0.3) is 10.4 Å². The highest BCUT2D eigenvalue weighted by Crippen LogP contribution is 2.29. The molecule has 0 N–H and O–H groups in total. The first kappa shape index (κ1) is 22.6. The van der Waals surface area contributed by atoms with Crippen LogP contribution in [-0.4, -0.2) is 57.4 Å². The zero-order chi connectivity index (χ0) is 20.1. The van der Waals surface area contributed by atoms with Gasteiger partial charge in [0.05, 0.1) is 12.6 Å². The quantitative estimate of drug-likeness (QED) is 0.169. The zero-order valence-electron chi connectivity index (χ0n) is 14.4. The van der Waals surface area contributed by atoms with Gasteiger partial charge in [-0.25, -0.2) is 4.79 Å². The van der Waals surface area contributed by atoms with E-state index in [9.17, 15) is 14.4 Å². The van der Waals surface area contributed by atoms with Crippen LogP contribution in [0.2, 0.25) is 0 Å². The topological polar surface area (TPSA) is 122 Å². The predicted molar refractivity (Wildman–Crippen MR) is 95.2 cm³/mol. The van der Waals surface area contributed by atoms with E-state index in [2.05, 4.69) is 10.0 Å². The molecule has 0 aromatic heterocycles. The number of hydrogen-bond acceptors (Lipinski definition) is 6. The summed E-state index contributed by atoms with van der Waals surface area (Å²) in [4.78, 5) is 39.7. The first-order chi connectivity index (χ1) is 11.8. The summed E-state index contributed by atoms with van der Waals surface area (Å²) in [5.41, 5.74) is 7.96. The molecule has 0 bridgehead atoms. The fourth-order valence-corrected chi connectivity index (χ4v) is 2.35. The van der Waals surface area contributed by atoms with Crippen molar-refractivity contribution in [3.8, 4) is 0 Å². The molecule has 12 heteroatoms. The average Bonchev–Trinajstić information content (AvgIpc) is 2.46. The lowest BCUT2D eigenvalue weighted by molar-refractivity contribution is -0.154. The van der Waals surface area contributed by atoms with E-state index in [1.807, 2.05) is 0 Å². The third-order valence-electron chi connectivity index (χ3n) is 3.28. The van der Waals surface area contributed by atoms with E-state index >= 15 is 0 Å². The van der Waals surface area contributed by atoms with Crippen molar-refractivity contribution in [1.82, 2.24) is 4.90 Å². The Kier molecular flexibility index (Phi) is 7.83. The maximum absolute atomic E-state index is 12.2. The summed E-state index contributed by atoms with van der Waals surface area (Å²) in [6, 6.07) is -0.689. The monoisotopic (exact) mass is 428 g/mol. The molecular weight excluding hydrogens is 411 g/mol. The smallest absolute Gasteiger partial charge is 0.410 e. The molecule has 1 fully saturated rings. The number of nitrogens with zero attached hydrogens (tertiary/aromatic N) is 4. The summed E-state index contributed by atoms with van der Waals surface area (Å²) in [6.45, 7) is 5.37. The zero-order valence-corrected chi connectivity index (χ0v) is 16.7. The Morgan fingerprint density at radius 2 is 1.88 bits per heavy atom. The molecule has 0 saturated carbocycles. The number of azide groups is 1. The highest BCUT2D eigenvalue weighted by molar-refractivity contribution is 6.76. The van der Waals surface area contributed by atoms with Crippen LogP contribution < -0.4 is 0 Å². The molecule has 146 valence electrons. The summed E-state index contributed by atoms with van der Waals surface area (Å²) in [7, 11) is 0. The molecule has 1 aliphatic rings. The van der Waals surface area contributed by atoms with E-state index in [0.29, 0.717) is 0 Å². The van der Waals surface area contributed by atoms with Crippen molar-refractivity contribution in [2.24, 2.45) is 5.11 Å². The van der Waals surface area contributed by atoms with Crippen molar-refractivity contribution in [3.63, 3.8) is 0 Å². The van der Waals surface area contributed by atoms with Gasteiger partial charge in [0.15, 0.2) is 5.78 Å². The van der Waals surface area contributed by atoms with E-state index in [-0.39, 0.29) is 19.5 Å². The Hall–Kier alpha value is -1.41. The summed E-state index contributed by atoms with van der Waals surface area (Å²) in [5.74, 6) is -1.90. The third-order valence-corrected chi connectivity index (χ3v) is 3.91. The number of ether oxygens (including phenoxy) is 2. The molecular formula is C14H19Cl3N4O5. The Bertz CT molecular complexity index is 611. The highest BCUT2D eigenvalue weighted by Gasteiger charge is 2.37. The molecule has 0 unspecified atom stereocenters. The molecule has 1 rings (SSSR count). The van der Waals surface area contributed by atoms with Crippen LogP contribution in [0.4, 0.5) is 4.79 Å². The van der Waals surface area contributed by atoms with Crippen LogP contribution >= 0.6 is 34.8 Å². The van der Waals surface area contributed by atoms with Crippen molar-refractivity contribution in [2.45, 2.75) is 55.2 Å². The lowest BCUT2D eigenvalue weighted by Gasteiger charge is -2.36. The van der Waals surface area contributed by atoms with Crippen LogP contribution in [0.5, 0.6) is 0 Å². The standard InChI is InChI=1S/C14H19Cl3N4O5/c1-13(2,3)26-12(24)21-5-4-8(19-20-18)9(7-21)25-11(23)6-10(22)14(15,16)17/h8-9H,4-7H2,1-3H3/t8-,9+/m1/s1. The highest BCUT2D eigenvalue weighted by atomic mass is 35.6. The molecule has 1 aliphatic heterocycles. The number of rotatable bonds is 4. The minimum atomic E-state index is -2.24. The van der Waals surface area contributed by atoms with Crippen molar-refractivity contribution in [3.05, 3.63) is 10.4 Å². The van der Waals surface area contributed by atoms with Crippen molar-refractivity contribution in [2.75, 3.05) is 13.1 Å². The minimum absolute atomic E-state index is 0.0493. The number of halogens is 3. The van der Waals surface area contributed by atoms with Crippen molar-refractivity contribution < 1.29 is 23.9 Å². The van der Waals surface area contributed by atoms with E-state index in [0.717, 1.165) is 0 Å². The summed E-state index contributed by atoms with van der Waals surface area (Å²) in [6.07, 6.45) is -2.03. The van der Waals surface area contributed by atoms with Crippen LogP contribution in [0, 0.1) is 0 Å². The summed E-state index contributed by atoms with van der Waals surface area (Å²) >= 11 is 16.2. The molecule has 0 radical (unpaired) electrons. The summed E-state index contributed by atoms with van der Waals surface area (Å²) in [5, 5.41) is 3.58. The minimum Gasteiger partial charge on any atom is -0.460 e. The average molecular weight is 430 g/mol. The molecule has 0 aromatic rings. The Morgan fingerprint density at radius 3 is 2.38 bits per heavy atom.